The molecule has 0 saturated carbocycles. The first-order valence-corrected chi connectivity index (χ1v) is 6.51. The van der Waals surface area contributed by atoms with Crippen molar-refractivity contribution in [2.45, 2.75) is 26.7 Å². The SMILES string of the molecule is CC.CN1CCC(C(=O)c2ccccc2)CC1=O. The predicted molar refractivity (Wildman–Crippen MR) is 72.5 cm³/mol. The van der Waals surface area contributed by atoms with Crippen molar-refractivity contribution in [1.29, 1.82) is 0 Å². The van der Waals surface area contributed by atoms with E-state index in [2.05, 4.69) is 0 Å². The molecule has 0 N–H and O–H groups in total. The van der Waals surface area contributed by atoms with E-state index < -0.39 is 0 Å². The monoisotopic (exact) mass is 247 g/mol. The van der Waals surface area contributed by atoms with Crippen LogP contribution in [0.3, 0.4) is 0 Å². The van der Waals surface area contributed by atoms with Gasteiger partial charge in [0.25, 0.3) is 0 Å². The van der Waals surface area contributed by atoms with Crippen molar-refractivity contribution >= 4 is 11.7 Å². The van der Waals surface area contributed by atoms with Crippen LogP contribution in [-0.4, -0.2) is 30.2 Å². The summed E-state index contributed by atoms with van der Waals surface area (Å²) in [7, 11) is 1.78. The molecule has 2 rings (SSSR count). The normalized spacial score (nSPS) is 18.9. The Morgan fingerprint density at radius 3 is 2.39 bits per heavy atom. The highest BCUT2D eigenvalue weighted by molar-refractivity contribution is 6.00. The topological polar surface area (TPSA) is 37.4 Å². The van der Waals surface area contributed by atoms with Gasteiger partial charge >= 0.3 is 0 Å². The van der Waals surface area contributed by atoms with Crippen molar-refractivity contribution < 1.29 is 9.59 Å². The second-order valence-electron chi connectivity index (χ2n) is 4.24. The Bertz CT molecular complexity index is 400. The van der Waals surface area contributed by atoms with Crippen LogP contribution in [0.5, 0.6) is 0 Å². The zero-order valence-electron chi connectivity index (χ0n) is 11.3. The second-order valence-corrected chi connectivity index (χ2v) is 4.24. The number of carbonyl (C=O) groups is 2. The van der Waals surface area contributed by atoms with Gasteiger partial charge in [0.2, 0.25) is 5.91 Å². The molecule has 0 aliphatic carbocycles. The van der Waals surface area contributed by atoms with Crippen molar-refractivity contribution in [3.63, 3.8) is 0 Å². The van der Waals surface area contributed by atoms with Crippen LogP contribution in [0.15, 0.2) is 30.3 Å². The van der Waals surface area contributed by atoms with Crippen molar-refractivity contribution in [1.82, 2.24) is 4.90 Å². The Kier molecular flexibility index (Phi) is 5.56. The van der Waals surface area contributed by atoms with Crippen LogP contribution in [0.25, 0.3) is 0 Å². The number of ketones is 1. The molecule has 0 aromatic heterocycles. The average molecular weight is 247 g/mol. The number of benzene rings is 1. The van der Waals surface area contributed by atoms with Crippen LogP contribution in [-0.2, 0) is 4.79 Å². The molecular formula is C15H21NO2. The minimum atomic E-state index is -0.133. The highest BCUT2D eigenvalue weighted by Gasteiger charge is 2.28. The molecule has 1 atom stereocenters. The molecule has 98 valence electrons. The van der Waals surface area contributed by atoms with E-state index in [1.54, 1.807) is 11.9 Å². The Balaban J connectivity index is 0.000000771. The predicted octanol–water partition coefficient (Wildman–Crippen LogP) is 2.76. The number of Topliss-reactive ketones (excluding diaryl/α,β-unsaturated/α-hetero) is 1. The molecule has 0 radical (unpaired) electrons. The molecule has 1 saturated heterocycles. The number of carbonyl (C=O) groups excluding carboxylic acids is 2. The maximum absolute atomic E-state index is 12.1. The third-order valence-electron chi connectivity index (χ3n) is 3.09. The maximum Gasteiger partial charge on any atom is 0.223 e. The fourth-order valence-electron chi connectivity index (χ4n) is 2.00. The number of piperidine rings is 1. The van der Waals surface area contributed by atoms with Crippen molar-refractivity contribution in [2.24, 2.45) is 5.92 Å². The van der Waals surface area contributed by atoms with Gasteiger partial charge in [-0.25, -0.2) is 0 Å². The van der Waals surface area contributed by atoms with E-state index in [0.29, 0.717) is 18.5 Å². The van der Waals surface area contributed by atoms with Crippen LogP contribution in [0.1, 0.15) is 37.0 Å². The summed E-state index contributed by atoms with van der Waals surface area (Å²) in [5.41, 5.74) is 0.713. The third-order valence-corrected chi connectivity index (χ3v) is 3.09. The van der Waals surface area contributed by atoms with Gasteiger partial charge in [-0.15, -0.1) is 0 Å². The van der Waals surface area contributed by atoms with Crippen LogP contribution < -0.4 is 0 Å². The van der Waals surface area contributed by atoms with E-state index in [-0.39, 0.29) is 17.6 Å². The molecule has 18 heavy (non-hydrogen) atoms. The molecule has 1 unspecified atom stereocenters. The van der Waals surface area contributed by atoms with E-state index in [0.717, 1.165) is 6.42 Å². The molecule has 1 aromatic rings. The third kappa shape index (κ3) is 3.42. The van der Waals surface area contributed by atoms with Gasteiger partial charge in [0.1, 0.15) is 0 Å². The van der Waals surface area contributed by atoms with E-state index >= 15 is 0 Å². The molecule has 1 aliphatic heterocycles. The lowest BCUT2D eigenvalue weighted by molar-refractivity contribution is -0.132. The summed E-state index contributed by atoms with van der Waals surface area (Å²) in [6, 6.07) is 9.21. The summed E-state index contributed by atoms with van der Waals surface area (Å²) in [4.78, 5) is 25.3. The molecule has 3 heteroatoms. The number of hydrogen-bond acceptors (Lipinski definition) is 2. The van der Waals surface area contributed by atoms with Gasteiger partial charge < -0.3 is 4.90 Å². The highest BCUT2D eigenvalue weighted by Crippen LogP contribution is 2.21. The lowest BCUT2D eigenvalue weighted by Gasteiger charge is -2.27. The lowest BCUT2D eigenvalue weighted by Crippen LogP contribution is -2.38. The molecular weight excluding hydrogens is 226 g/mol. The first kappa shape index (κ1) is 14.4. The average Bonchev–Trinajstić information content (AvgIpc) is 2.44. The summed E-state index contributed by atoms with van der Waals surface area (Å²) in [5.74, 6) is 0.0358. The largest absolute Gasteiger partial charge is 0.346 e. The fraction of sp³-hybridized carbons (Fsp3) is 0.467. The van der Waals surface area contributed by atoms with Crippen molar-refractivity contribution in [3.8, 4) is 0 Å². The zero-order valence-corrected chi connectivity index (χ0v) is 11.3. The van der Waals surface area contributed by atoms with Crippen LogP contribution in [0.4, 0.5) is 0 Å². The summed E-state index contributed by atoms with van der Waals surface area (Å²) in [6.07, 6.45) is 1.13. The smallest absolute Gasteiger partial charge is 0.223 e. The minimum Gasteiger partial charge on any atom is -0.346 e. The van der Waals surface area contributed by atoms with Crippen molar-refractivity contribution in [3.05, 3.63) is 35.9 Å². The summed E-state index contributed by atoms with van der Waals surface area (Å²) in [6.45, 7) is 4.68. The molecule has 1 fully saturated rings. The Morgan fingerprint density at radius 2 is 1.83 bits per heavy atom. The second kappa shape index (κ2) is 6.94. The molecule has 1 aromatic carbocycles. The number of nitrogens with zero attached hydrogens (tertiary/aromatic N) is 1. The van der Waals surface area contributed by atoms with E-state index in [1.807, 2.05) is 44.2 Å². The van der Waals surface area contributed by atoms with Crippen molar-refractivity contribution in [2.75, 3.05) is 13.6 Å². The Labute approximate surface area is 109 Å². The molecule has 0 bridgehead atoms. The number of likely N-dealkylation sites (tertiary alicyclic amines) is 1. The highest BCUT2D eigenvalue weighted by atomic mass is 16.2. The van der Waals surface area contributed by atoms with Gasteiger partial charge in [-0.3, -0.25) is 9.59 Å². The minimum absolute atomic E-state index is 0.0699. The zero-order chi connectivity index (χ0) is 13.5. The molecule has 1 heterocycles. The molecule has 1 amide bonds. The van der Waals surface area contributed by atoms with Gasteiger partial charge in [0.05, 0.1) is 0 Å². The van der Waals surface area contributed by atoms with Gasteiger partial charge in [-0.2, -0.15) is 0 Å². The number of rotatable bonds is 2. The van der Waals surface area contributed by atoms with E-state index in [4.69, 9.17) is 0 Å². The fourth-order valence-corrected chi connectivity index (χ4v) is 2.00. The lowest BCUT2D eigenvalue weighted by atomic mass is 9.89. The molecule has 0 spiro atoms. The van der Waals surface area contributed by atoms with Gasteiger partial charge in [-0.05, 0) is 6.42 Å². The van der Waals surface area contributed by atoms with Crippen LogP contribution >= 0.6 is 0 Å². The number of amides is 1. The summed E-state index contributed by atoms with van der Waals surface area (Å²) < 4.78 is 0. The first-order valence-electron chi connectivity index (χ1n) is 6.51. The molecule has 1 aliphatic rings. The number of hydrogen-bond donors (Lipinski definition) is 0. The first-order chi connectivity index (χ1) is 8.68. The molecule has 3 nitrogen and oxygen atoms in total. The van der Waals surface area contributed by atoms with Crippen LogP contribution in [0.2, 0.25) is 0 Å². The summed E-state index contributed by atoms with van der Waals surface area (Å²) in [5, 5.41) is 0. The van der Waals surface area contributed by atoms with Gasteiger partial charge in [0.15, 0.2) is 5.78 Å². The quantitative estimate of drug-likeness (QED) is 0.754. The maximum atomic E-state index is 12.1. The van der Waals surface area contributed by atoms with Gasteiger partial charge in [0, 0.05) is 31.5 Å². The van der Waals surface area contributed by atoms with Crippen LogP contribution in [0, 0.1) is 5.92 Å². The Hall–Kier alpha value is -1.64. The standard InChI is InChI=1S/C13H15NO2.C2H6/c1-14-8-7-11(9-12(14)15)13(16)10-5-3-2-4-6-10;1-2/h2-6,11H,7-9H2,1H3;1-2H3. The van der Waals surface area contributed by atoms with E-state index in [1.165, 1.54) is 0 Å². The Morgan fingerprint density at radius 1 is 1.22 bits per heavy atom. The van der Waals surface area contributed by atoms with E-state index in [9.17, 15) is 9.59 Å². The van der Waals surface area contributed by atoms with Gasteiger partial charge in [-0.1, -0.05) is 44.2 Å². The summed E-state index contributed by atoms with van der Waals surface area (Å²) >= 11 is 0.